The Labute approximate surface area is 99.1 Å². The normalized spacial score (nSPS) is 10.3. The molecule has 0 saturated carbocycles. The van der Waals surface area contributed by atoms with Crippen molar-refractivity contribution < 1.29 is 0 Å². The lowest BCUT2D eigenvalue weighted by Gasteiger charge is -2.10. The van der Waals surface area contributed by atoms with Crippen molar-refractivity contribution in [3.8, 4) is 5.69 Å². The largest absolute Gasteiger partial charge is 0.389 e. The van der Waals surface area contributed by atoms with E-state index in [9.17, 15) is 0 Å². The second-order valence-corrected chi connectivity index (χ2v) is 3.76. The van der Waals surface area contributed by atoms with Crippen LogP contribution >= 0.6 is 12.2 Å². The molecule has 0 spiro atoms. The van der Waals surface area contributed by atoms with Crippen molar-refractivity contribution >= 4 is 17.2 Å². The van der Waals surface area contributed by atoms with Crippen LogP contribution in [0.1, 0.15) is 18.3 Å². The Morgan fingerprint density at radius 2 is 2.31 bits per heavy atom. The highest BCUT2D eigenvalue weighted by molar-refractivity contribution is 7.80. The van der Waals surface area contributed by atoms with Crippen LogP contribution in [0, 0.1) is 0 Å². The Bertz CT molecular complexity index is 518. The van der Waals surface area contributed by atoms with Crippen molar-refractivity contribution in [2.75, 3.05) is 0 Å². The molecule has 0 saturated heterocycles. The van der Waals surface area contributed by atoms with Gasteiger partial charge in [0.25, 0.3) is 0 Å². The smallest absolute Gasteiger partial charge is 0.112 e. The summed E-state index contributed by atoms with van der Waals surface area (Å²) in [6.45, 7) is 2.05. The number of hydrogen-bond donors (Lipinski definition) is 1. The fourth-order valence-electron chi connectivity index (χ4n) is 1.60. The van der Waals surface area contributed by atoms with E-state index >= 15 is 0 Å². The first-order chi connectivity index (χ1) is 7.74. The van der Waals surface area contributed by atoms with E-state index in [-0.39, 0.29) is 0 Å². The molecule has 2 heterocycles. The average molecular weight is 232 g/mol. The molecule has 0 aliphatic carbocycles. The predicted molar refractivity (Wildman–Crippen MR) is 66.6 cm³/mol. The Kier molecular flexibility index (Phi) is 2.96. The van der Waals surface area contributed by atoms with E-state index < -0.39 is 0 Å². The van der Waals surface area contributed by atoms with Crippen LogP contribution in [0.25, 0.3) is 5.69 Å². The van der Waals surface area contributed by atoms with Gasteiger partial charge in [-0.25, -0.2) is 4.98 Å². The fraction of sp³-hybridized carbons (Fsp3) is 0.182. The maximum Gasteiger partial charge on any atom is 0.112 e. The molecule has 0 atom stereocenters. The number of hydrogen-bond acceptors (Lipinski definition) is 3. The second kappa shape index (κ2) is 4.40. The first-order valence-electron chi connectivity index (χ1n) is 5.00. The van der Waals surface area contributed by atoms with E-state index in [1.54, 1.807) is 18.6 Å². The van der Waals surface area contributed by atoms with Gasteiger partial charge in [0.15, 0.2) is 0 Å². The van der Waals surface area contributed by atoms with Crippen LogP contribution in [-0.4, -0.2) is 19.5 Å². The zero-order chi connectivity index (χ0) is 11.5. The van der Waals surface area contributed by atoms with Crippen molar-refractivity contribution in [1.29, 1.82) is 0 Å². The van der Waals surface area contributed by atoms with Gasteiger partial charge in [0.1, 0.15) is 10.8 Å². The van der Waals surface area contributed by atoms with Gasteiger partial charge < -0.3 is 10.3 Å². The van der Waals surface area contributed by atoms with Gasteiger partial charge in [0, 0.05) is 30.6 Å². The topological polar surface area (TPSA) is 56.7 Å². The van der Waals surface area contributed by atoms with E-state index in [1.165, 1.54) is 0 Å². The fourth-order valence-corrected chi connectivity index (χ4v) is 1.77. The molecule has 0 bridgehead atoms. The number of imidazole rings is 1. The van der Waals surface area contributed by atoms with E-state index in [4.69, 9.17) is 18.0 Å². The monoisotopic (exact) mass is 232 g/mol. The maximum atomic E-state index is 5.68. The molecule has 4 nitrogen and oxygen atoms in total. The minimum Gasteiger partial charge on any atom is -0.389 e. The lowest BCUT2D eigenvalue weighted by atomic mass is 10.2. The average Bonchev–Trinajstić information content (AvgIpc) is 2.76. The zero-order valence-electron chi connectivity index (χ0n) is 8.92. The molecule has 0 fully saturated rings. The van der Waals surface area contributed by atoms with Crippen LogP contribution in [0.3, 0.4) is 0 Å². The highest BCUT2D eigenvalue weighted by atomic mass is 32.1. The van der Waals surface area contributed by atoms with Crippen molar-refractivity contribution in [3.05, 3.63) is 42.2 Å². The van der Waals surface area contributed by atoms with Gasteiger partial charge in [-0.3, -0.25) is 4.98 Å². The van der Waals surface area contributed by atoms with Crippen LogP contribution in [0.5, 0.6) is 0 Å². The van der Waals surface area contributed by atoms with Gasteiger partial charge in [-0.15, -0.1) is 0 Å². The molecule has 0 radical (unpaired) electrons. The Hall–Kier alpha value is -1.75. The van der Waals surface area contributed by atoms with Crippen LogP contribution < -0.4 is 5.73 Å². The standard InChI is InChI=1S/C11H12N4S/c1-2-10-14-5-6-15(10)9-7-13-4-3-8(9)11(12)16/h3-7H,2H2,1H3,(H2,12,16). The van der Waals surface area contributed by atoms with Crippen molar-refractivity contribution in [2.45, 2.75) is 13.3 Å². The number of nitrogens with zero attached hydrogens (tertiary/aromatic N) is 3. The highest BCUT2D eigenvalue weighted by Gasteiger charge is 2.09. The maximum absolute atomic E-state index is 5.68. The minimum atomic E-state index is 0.369. The quantitative estimate of drug-likeness (QED) is 0.814. The lowest BCUT2D eigenvalue weighted by molar-refractivity contribution is 0.885. The van der Waals surface area contributed by atoms with Crippen LogP contribution in [-0.2, 0) is 6.42 Å². The first-order valence-corrected chi connectivity index (χ1v) is 5.41. The number of rotatable bonds is 3. The summed E-state index contributed by atoms with van der Waals surface area (Å²) < 4.78 is 1.96. The molecule has 0 unspecified atom stereocenters. The third-order valence-corrected chi connectivity index (χ3v) is 2.58. The number of pyridine rings is 1. The molecule has 0 aliphatic heterocycles. The van der Waals surface area contributed by atoms with Crippen LogP contribution in [0.15, 0.2) is 30.9 Å². The molecular formula is C11H12N4S. The van der Waals surface area contributed by atoms with Gasteiger partial charge in [0.2, 0.25) is 0 Å². The van der Waals surface area contributed by atoms with E-state index in [2.05, 4.69) is 16.9 Å². The molecule has 0 aromatic carbocycles. The summed E-state index contributed by atoms with van der Waals surface area (Å²) in [5.74, 6) is 0.963. The summed E-state index contributed by atoms with van der Waals surface area (Å²) in [5, 5.41) is 0. The Morgan fingerprint density at radius 1 is 1.50 bits per heavy atom. The van der Waals surface area contributed by atoms with Crippen molar-refractivity contribution in [1.82, 2.24) is 14.5 Å². The van der Waals surface area contributed by atoms with Gasteiger partial charge in [-0.1, -0.05) is 19.1 Å². The number of thiocarbonyl (C=S) groups is 1. The second-order valence-electron chi connectivity index (χ2n) is 3.32. The highest BCUT2D eigenvalue weighted by Crippen LogP contribution is 2.15. The first kappa shape index (κ1) is 10.8. The van der Waals surface area contributed by atoms with Gasteiger partial charge in [-0.05, 0) is 6.07 Å². The third kappa shape index (κ3) is 1.81. The number of aromatic nitrogens is 3. The molecule has 82 valence electrons. The SMILES string of the molecule is CCc1nccn1-c1cnccc1C(N)=S. The third-order valence-electron chi connectivity index (χ3n) is 2.36. The summed E-state index contributed by atoms with van der Waals surface area (Å²) in [5.41, 5.74) is 7.38. The Balaban J connectivity index is 2.60. The predicted octanol–water partition coefficient (Wildman–Crippen LogP) is 1.46. The Morgan fingerprint density at radius 3 is 3.00 bits per heavy atom. The number of aryl methyl sites for hydroxylation is 1. The summed E-state index contributed by atoms with van der Waals surface area (Å²) >= 11 is 5.02. The lowest BCUT2D eigenvalue weighted by Crippen LogP contribution is -2.14. The van der Waals surface area contributed by atoms with Crippen LogP contribution in [0.4, 0.5) is 0 Å². The molecule has 5 heteroatoms. The zero-order valence-corrected chi connectivity index (χ0v) is 9.74. The summed E-state index contributed by atoms with van der Waals surface area (Å²) in [7, 11) is 0. The molecule has 2 rings (SSSR count). The molecule has 16 heavy (non-hydrogen) atoms. The summed E-state index contributed by atoms with van der Waals surface area (Å²) in [4.78, 5) is 8.73. The minimum absolute atomic E-state index is 0.369. The van der Waals surface area contributed by atoms with Crippen molar-refractivity contribution in [2.24, 2.45) is 5.73 Å². The summed E-state index contributed by atoms with van der Waals surface area (Å²) in [6, 6.07) is 1.82. The van der Waals surface area contributed by atoms with E-state index in [0.717, 1.165) is 23.5 Å². The molecule has 0 aliphatic rings. The van der Waals surface area contributed by atoms with Crippen molar-refractivity contribution in [3.63, 3.8) is 0 Å². The van der Waals surface area contributed by atoms with Gasteiger partial charge >= 0.3 is 0 Å². The van der Waals surface area contributed by atoms with Crippen LogP contribution in [0.2, 0.25) is 0 Å². The molecule has 2 N–H and O–H groups in total. The molecule has 2 aromatic rings. The molecule has 2 aromatic heterocycles. The van der Waals surface area contributed by atoms with Gasteiger partial charge in [-0.2, -0.15) is 0 Å². The number of nitrogens with two attached hydrogens (primary N) is 1. The van der Waals surface area contributed by atoms with E-state index in [1.807, 2.05) is 16.8 Å². The molecular weight excluding hydrogens is 220 g/mol. The summed E-state index contributed by atoms with van der Waals surface area (Å²) in [6.07, 6.45) is 7.92. The van der Waals surface area contributed by atoms with Gasteiger partial charge in [0.05, 0.1) is 11.9 Å². The van der Waals surface area contributed by atoms with E-state index in [0.29, 0.717) is 4.99 Å². The molecule has 0 amide bonds.